The zero-order valence-electron chi connectivity index (χ0n) is 24.6. The molecule has 1 aromatic carbocycles. The summed E-state index contributed by atoms with van der Waals surface area (Å²) in [7, 11) is 0. The van der Waals surface area contributed by atoms with Gasteiger partial charge in [-0.15, -0.1) is 0 Å². The number of nitrogens with one attached hydrogen (secondary N) is 2. The zero-order valence-corrected chi connectivity index (χ0v) is 24.6. The molecule has 0 bridgehead atoms. The molecule has 2 atom stereocenters. The molecule has 38 heavy (non-hydrogen) atoms. The molecule has 9 heteroatoms. The minimum absolute atomic E-state index is 0.0249. The lowest BCUT2D eigenvalue weighted by atomic mass is 9.95. The first kappa shape index (κ1) is 32.9. The number of hydrogen-bond donors (Lipinski definition) is 2. The second-order valence-corrected chi connectivity index (χ2v) is 11.0. The van der Waals surface area contributed by atoms with Gasteiger partial charge in [0.25, 0.3) is 0 Å². The Morgan fingerprint density at radius 3 is 2.24 bits per heavy atom. The summed E-state index contributed by atoms with van der Waals surface area (Å²) in [6.07, 6.45) is 0.318. The predicted octanol–water partition coefficient (Wildman–Crippen LogP) is 4.59. The summed E-state index contributed by atoms with van der Waals surface area (Å²) < 4.78 is 10.4. The fourth-order valence-corrected chi connectivity index (χ4v) is 4.15. The number of esters is 1. The van der Waals surface area contributed by atoms with Gasteiger partial charge in [0.05, 0.1) is 13.0 Å². The van der Waals surface area contributed by atoms with Gasteiger partial charge in [0.2, 0.25) is 11.8 Å². The third kappa shape index (κ3) is 11.1. The molecule has 2 N–H and O–H groups in total. The van der Waals surface area contributed by atoms with Crippen LogP contribution in [-0.4, -0.2) is 60.1 Å². The largest absolute Gasteiger partial charge is 0.466 e. The van der Waals surface area contributed by atoms with E-state index in [1.165, 1.54) is 4.90 Å². The van der Waals surface area contributed by atoms with Crippen molar-refractivity contribution in [2.45, 2.75) is 99.3 Å². The highest BCUT2D eigenvalue weighted by molar-refractivity contribution is 5.92. The molecule has 0 aromatic heterocycles. The van der Waals surface area contributed by atoms with Gasteiger partial charge in [-0.2, -0.15) is 0 Å². The minimum atomic E-state index is -0.944. The van der Waals surface area contributed by atoms with E-state index in [0.717, 1.165) is 11.1 Å². The molecule has 1 rings (SSSR count). The van der Waals surface area contributed by atoms with Crippen LogP contribution in [0.1, 0.15) is 90.5 Å². The number of benzene rings is 1. The van der Waals surface area contributed by atoms with Crippen LogP contribution in [0.25, 0.3) is 0 Å². The monoisotopic (exact) mass is 533 g/mol. The topological polar surface area (TPSA) is 114 Å². The molecule has 0 fully saturated rings. The van der Waals surface area contributed by atoms with Crippen molar-refractivity contribution < 1.29 is 28.7 Å². The Morgan fingerprint density at radius 1 is 1.05 bits per heavy atom. The first-order chi connectivity index (χ1) is 17.7. The molecule has 9 nitrogen and oxygen atoms in total. The molecular formula is C29H47N3O6. The summed E-state index contributed by atoms with van der Waals surface area (Å²) in [6, 6.07) is 3.90. The van der Waals surface area contributed by atoms with Crippen LogP contribution in [0.5, 0.6) is 0 Å². The number of hydrogen-bond acceptors (Lipinski definition) is 6. The number of carbonyl (C=O) groups is 4. The maximum atomic E-state index is 14.0. The third-order valence-electron chi connectivity index (χ3n) is 5.66. The summed E-state index contributed by atoms with van der Waals surface area (Å²) >= 11 is 0. The molecule has 2 unspecified atom stereocenters. The van der Waals surface area contributed by atoms with Gasteiger partial charge in [-0.25, -0.2) is 4.79 Å². The van der Waals surface area contributed by atoms with Gasteiger partial charge in [-0.3, -0.25) is 14.4 Å². The lowest BCUT2D eigenvalue weighted by molar-refractivity contribution is -0.144. The maximum absolute atomic E-state index is 14.0. The van der Waals surface area contributed by atoms with E-state index in [9.17, 15) is 19.2 Å². The summed E-state index contributed by atoms with van der Waals surface area (Å²) in [5, 5.41) is 5.55. The molecule has 0 saturated heterocycles. The molecule has 1 aromatic rings. The van der Waals surface area contributed by atoms with E-state index >= 15 is 0 Å². The molecule has 0 aliphatic rings. The summed E-state index contributed by atoms with van der Waals surface area (Å²) in [6.45, 7) is 17.4. The number of nitrogens with zero attached hydrogens (tertiary/aromatic N) is 1. The van der Waals surface area contributed by atoms with Crippen molar-refractivity contribution in [2.75, 3.05) is 19.7 Å². The SMILES string of the molecule is CCCN(C(=O)C(CC(C)C)NC(=O)OC(C)(C)C)C(C(=O)NCCC(=O)OCC)c1ccc(C)cc1C. The number of amides is 3. The summed E-state index contributed by atoms with van der Waals surface area (Å²) in [5.41, 5.74) is 1.86. The second-order valence-electron chi connectivity index (χ2n) is 11.0. The lowest BCUT2D eigenvalue weighted by Crippen LogP contribution is -2.53. The molecular weight excluding hydrogens is 486 g/mol. The quantitative estimate of drug-likeness (QED) is 0.359. The van der Waals surface area contributed by atoms with E-state index in [-0.39, 0.29) is 31.4 Å². The van der Waals surface area contributed by atoms with Gasteiger partial charge in [0.1, 0.15) is 17.7 Å². The smallest absolute Gasteiger partial charge is 0.408 e. The van der Waals surface area contributed by atoms with Crippen LogP contribution in [0.15, 0.2) is 18.2 Å². The Hall–Kier alpha value is -3.10. The molecule has 0 spiro atoms. The minimum Gasteiger partial charge on any atom is -0.466 e. The Balaban J connectivity index is 3.42. The predicted molar refractivity (Wildman–Crippen MR) is 148 cm³/mol. The molecule has 0 saturated carbocycles. The Labute approximate surface area is 228 Å². The number of aryl methyl sites for hydroxylation is 2. The number of ether oxygens (including phenoxy) is 2. The Bertz CT molecular complexity index is 954. The normalized spacial score (nSPS) is 12.9. The number of carbonyl (C=O) groups excluding carboxylic acids is 4. The molecule has 0 aliphatic carbocycles. The fraction of sp³-hybridized carbons (Fsp3) is 0.655. The van der Waals surface area contributed by atoms with Crippen molar-refractivity contribution in [3.05, 3.63) is 34.9 Å². The highest BCUT2D eigenvalue weighted by Crippen LogP contribution is 2.27. The molecule has 0 heterocycles. The van der Waals surface area contributed by atoms with Crippen molar-refractivity contribution in [3.8, 4) is 0 Å². The first-order valence-electron chi connectivity index (χ1n) is 13.5. The van der Waals surface area contributed by atoms with Crippen LogP contribution in [0.3, 0.4) is 0 Å². The highest BCUT2D eigenvalue weighted by Gasteiger charge is 2.36. The molecule has 0 aliphatic heterocycles. The second kappa shape index (κ2) is 15.3. The van der Waals surface area contributed by atoms with E-state index in [2.05, 4.69) is 10.6 Å². The van der Waals surface area contributed by atoms with Gasteiger partial charge < -0.3 is 25.0 Å². The molecule has 214 valence electrons. The van der Waals surface area contributed by atoms with Crippen LogP contribution in [-0.2, 0) is 23.9 Å². The van der Waals surface area contributed by atoms with Crippen LogP contribution >= 0.6 is 0 Å². The van der Waals surface area contributed by atoms with Gasteiger partial charge >= 0.3 is 12.1 Å². The summed E-state index contributed by atoms with van der Waals surface area (Å²) in [4.78, 5) is 53.6. The maximum Gasteiger partial charge on any atom is 0.408 e. The van der Waals surface area contributed by atoms with Crippen molar-refractivity contribution in [1.82, 2.24) is 15.5 Å². The van der Waals surface area contributed by atoms with E-state index in [0.29, 0.717) is 24.9 Å². The molecule has 3 amide bonds. The van der Waals surface area contributed by atoms with Crippen molar-refractivity contribution in [3.63, 3.8) is 0 Å². The standard InChI is InChI=1S/C29H47N3O6/c1-10-16-32(27(35)23(17-19(3)4)31-28(36)38-29(7,8)9)25(22-13-12-20(5)18-21(22)6)26(34)30-15-14-24(33)37-11-2/h12-13,18-19,23,25H,10-11,14-17H2,1-9H3,(H,30,34)(H,31,36). The van der Waals surface area contributed by atoms with E-state index < -0.39 is 35.7 Å². The average Bonchev–Trinajstić information content (AvgIpc) is 2.77. The lowest BCUT2D eigenvalue weighted by Gasteiger charge is -2.35. The van der Waals surface area contributed by atoms with Crippen molar-refractivity contribution in [2.24, 2.45) is 5.92 Å². The van der Waals surface area contributed by atoms with E-state index in [1.54, 1.807) is 27.7 Å². The fourth-order valence-electron chi connectivity index (χ4n) is 4.15. The zero-order chi connectivity index (χ0) is 29.0. The number of rotatable bonds is 13. The highest BCUT2D eigenvalue weighted by atomic mass is 16.6. The van der Waals surface area contributed by atoms with Crippen LogP contribution in [0, 0.1) is 19.8 Å². The molecule has 0 radical (unpaired) electrons. The van der Waals surface area contributed by atoms with Crippen LogP contribution in [0.2, 0.25) is 0 Å². The van der Waals surface area contributed by atoms with Gasteiger partial charge in [0, 0.05) is 13.1 Å². The summed E-state index contributed by atoms with van der Waals surface area (Å²) in [5.74, 6) is -1.07. The van der Waals surface area contributed by atoms with Crippen LogP contribution in [0.4, 0.5) is 4.79 Å². The third-order valence-corrected chi connectivity index (χ3v) is 5.66. The Morgan fingerprint density at radius 2 is 1.71 bits per heavy atom. The van der Waals surface area contributed by atoms with Gasteiger partial charge in [0.15, 0.2) is 0 Å². The van der Waals surface area contributed by atoms with Gasteiger partial charge in [-0.1, -0.05) is 44.5 Å². The van der Waals surface area contributed by atoms with E-state index in [4.69, 9.17) is 9.47 Å². The van der Waals surface area contributed by atoms with E-state index in [1.807, 2.05) is 52.8 Å². The Kier molecular flexibility index (Phi) is 13.3. The van der Waals surface area contributed by atoms with Gasteiger partial charge in [-0.05, 0) is 71.4 Å². The van der Waals surface area contributed by atoms with Crippen LogP contribution < -0.4 is 10.6 Å². The first-order valence-corrected chi connectivity index (χ1v) is 13.5. The number of alkyl carbamates (subject to hydrolysis) is 1. The van der Waals surface area contributed by atoms with Crippen molar-refractivity contribution in [1.29, 1.82) is 0 Å². The average molecular weight is 534 g/mol. The van der Waals surface area contributed by atoms with Crippen molar-refractivity contribution >= 4 is 23.9 Å².